The molecule has 23 heavy (non-hydrogen) atoms. The van der Waals surface area contributed by atoms with E-state index >= 15 is 0 Å². The molecule has 1 atom stereocenters. The van der Waals surface area contributed by atoms with Crippen molar-refractivity contribution < 1.29 is 9.53 Å². The Bertz CT molecular complexity index is 620. The lowest BCUT2D eigenvalue weighted by atomic mass is 9.99. The largest absolute Gasteiger partial charge is 0.466 e. The molecule has 1 aliphatic carbocycles. The first-order valence-corrected chi connectivity index (χ1v) is 9.11. The molecule has 7 heteroatoms. The molecule has 0 aromatic carbocycles. The van der Waals surface area contributed by atoms with Gasteiger partial charge in [0, 0.05) is 19.0 Å². The fourth-order valence-electron chi connectivity index (χ4n) is 3.32. The van der Waals surface area contributed by atoms with Crippen LogP contribution in [0, 0.1) is 10.7 Å². The predicted molar refractivity (Wildman–Crippen MR) is 89.6 cm³/mol. The van der Waals surface area contributed by atoms with E-state index in [-0.39, 0.29) is 11.9 Å². The number of nitrogens with zero attached hydrogens (tertiary/aromatic N) is 4. The summed E-state index contributed by atoms with van der Waals surface area (Å²) in [6.07, 6.45) is 4.37. The number of hydrogen-bond donors (Lipinski definition) is 0. The molecular weight excluding hydrogens is 312 g/mol. The van der Waals surface area contributed by atoms with Crippen LogP contribution in [0.5, 0.6) is 0 Å². The molecule has 6 nitrogen and oxygen atoms in total. The van der Waals surface area contributed by atoms with Gasteiger partial charge in [0.05, 0.1) is 19.2 Å². The smallest absolute Gasteiger partial charge is 0.310 e. The highest BCUT2D eigenvalue weighted by atomic mass is 32.1. The molecule has 1 saturated heterocycles. The molecule has 128 valence electrons. The number of likely N-dealkylation sites (tertiary alicyclic amines) is 1. The summed E-state index contributed by atoms with van der Waals surface area (Å²) < 4.78 is 10.1. The molecule has 2 fully saturated rings. The lowest BCUT2D eigenvalue weighted by Crippen LogP contribution is -2.40. The van der Waals surface area contributed by atoms with Crippen LogP contribution in [0.25, 0.3) is 0 Å². The molecule has 0 spiro atoms. The van der Waals surface area contributed by atoms with Gasteiger partial charge in [-0.2, -0.15) is 5.10 Å². The Kier molecular flexibility index (Phi) is 5.16. The second-order valence-corrected chi connectivity index (χ2v) is 6.83. The van der Waals surface area contributed by atoms with Crippen molar-refractivity contribution in [3.8, 4) is 0 Å². The maximum atomic E-state index is 12.0. The molecule has 1 saturated carbocycles. The van der Waals surface area contributed by atoms with Gasteiger partial charge in [0.2, 0.25) is 0 Å². The van der Waals surface area contributed by atoms with Gasteiger partial charge >= 0.3 is 5.97 Å². The fourth-order valence-corrected chi connectivity index (χ4v) is 3.64. The SMILES string of the molecule is CCOC(=O)C1CCCN(Cn2nc(C3CC3)n(CC)c2=S)C1. The highest BCUT2D eigenvalue weighted by molar-refractivity contribution is 7.71. The van der Waals surface area contributed by atoms with E-state index in [1.165, 1.54) is 12.8 Å². The minimum Gasteiger partial charge on any atom is -0.466 e. The molecule has 0 radical (unpaired) electrons. The standard InChI is InChI=1S/C16H26N4O2S/c1-3-19-14(12-7-8-12)17-20(16(19)23)11-18-9-5-6-13(10-18)15(21)22-4-2/h12-13H,3-11H2,1-2H3. The summed E-state index contributed by atoms with van der Waals surface area (Å²) in [5.41, 5.74) is 0. The van der Waals surface area contributed by atoms with Gasteiger partial charge in [0.15, 0.2) is 4.77 Å². The molecule has 1 aromatic heterocycles. The van der Waals surface area contributed by atoms with Crippen LogP contribution in [0.15, 0.2) is 0 Å². The number of rotatable bonds is 6. The van der Waals surface area contributed by atoms with Crippen LogP contribution in [-0.2, 0) is 22.7 Å². The van der Waals surface area contributed by atoms with Crippen molar-refractivity contribution in [3.63, 3.8) is 0 Å². The lowest BCUT2D eigenvalue weighted by molar-refractivity contribution is -0.150. The first kappa shape index (κ1) is 16.6. The maximum absolute atomic E-state index is 12.0. The summed E-state index contributed by atoms with van der Waals surface area (Å²) in [6.45, 7) is 7.68. The molecule has 0 bridgehead atoms. The van der Waals surface area contributed by atoms with Crippen molar-refractivity contribution in [1.82, 2.24) is 19.2 Å². The number of ether oxygens (including phenoxy) is 1. The van der Waals surface area contributed by atoms with Crippen LogP contribution in [0.2, 0.25) is 0 Å². The summed E-state index contributed by atoms with van der Waals surface area (Å²) >= 11 is 5.60. The summed E-state index contributed by atoms with van der Waals surface area (Å²) in [5.74, 6) is 1.63. The van der Waals surface area contributed by atoms with Gasteiger partial charge in [0.1, 0.15) is 5.82 Å². The van der Waals surface area contributed by atoms with E-state index in [0.717, 1.165) is 43.1 Å². The maximum Gasteiger partial charge on any atom is 0.310 e. The number of esters is 1. The highest BCUT2D eigenvalue weighted by Gasteiger charge is 2.31. The third kappa shape index (κ3) is 3.66. The van der Waals surface area contributed by atoms with Crippen LogP contribution < -0.4 is 0 Å². The van der Waals surface area contributed by atoms with Crippen molar-refractivity contribution in [2.24, 2.45) is 5.92 Å². The molecule has 0 N–H and O–H groups in total. The highest BCUT2D eigenvalue weighted by Crippen LogP contribution is 2.39. The summed E-state index contributed by atoms with van der Waals surface area (Å²) in [4.78, 5) is 14.2. The average Bonchev–Trinajstić information content (AvgIpc) is 3.34. The van der Waals surface area contributed by atoms with Crippen LogP contribution >= 0.6 is 12.2 Å². The number of piperidine rings is 1. The monoisotopic (exact) mass is 338 g/mol. The van der Waals surface area contributed by atoms with Crippen molar-refractivity contribution in [2.45, 2.75) is 58.7 Å². The zero-order chi connectivity index (χ0) is 16.4. The third-order valence-electron chi connectivity index (χ3n) is 4.67. The van der Waals surface area contributed by atoms with Gasteiger partial charge in [-0.1, -0.05) is 0 Å². The molecule has 3 rings (SSSR count). The Morgan fingerprint density at radius 3 is 2.78 bits per heavy atom. The van der Waals surface area contributed by atoms with Gasteiger partial charge in [0.25, 0.3) is 0 Å². The van der Waals surface area contributed by atoms with E-state index < -0.39 is 0 Å². The van der Waals surface area contributed by atoms with E-state index in [1.54, 1.807) is 0 Å². The first-order chi connectivity index (χ1) is 11.1. The van der Waals surface area contributed by atoms with Gasteiger partial charge < -0.3 is 9.30 Å². The third-order valence-corrected chi connectivity index (χ3v) is 5.10. The van der Waals surface area contributed by atoms with E-state index in [0.29, 0.717) is 19.2 Å². The minimum absolute atomic E-state index is 0.0194. The molecule has 1 unspecified atom stereocenters. The average molecular weight is 338 g/mol. The molecule has 2 aliphatic rings. The summed E-state index contributed by atoms with van der Waals surface area (Å²) in [6, 6.07) is 0. The van der Waals surface area contributed by atoms with Gasteiger partial charge in [-0.3, -0.25) is 9.69 Å². The zero-order valence-corrected chi connectivity index (χ0v) is 14.8. The molecular formula is C16H26N4O2S. The Morgan fingerprint density at radius 1 is 1.35 bits per heavy atom. The fraction of sp³-hybridized carbons (Fsp3) is 0.812. The molecule has 2 heterocycles. The Balaban J connectivity index is 1.69. The van der Waals surface area contributed by atoms with Gasteiger partial charge in [-0.05, 0) is 58.3 Å². The lowest BCUT2D eigenvalue weighted by Gasteiger charge is -2.31. The Morgan fingerprint density at radius 2 is 2.13 bits per heavy atom. The van der Waals surface area contributed by atoms with Crippen LogP contribution in [0.4, 0.5) is 0 Å². The van der Waals surface area contributed by atoms with Crippen molar-refractivity contribution >= 4 is 18.2 Å². The van der Waals surface area contributed by atoms with Crippen LogP contribution in [-0.4, -0.2) is 44.9 Å². The van der Waals surface area contributed by atoms with E-state index in [4.69, 9.17) is 22.1 Å². The Hall–Kier alpha value is -1.21. The summed E-state index contributed by atoms with van der Waals surface area (Å²) in [7, 11) is 0. The predicted octanol–water partition coefficient (Wildman–Crippen LogP) is 2.54. The first-order valence-electron chi connectivity index (χ1n) is 8.70. The van der Waals surface area contributed by atoms with Crippen LogP contribution in [0.1, 0.15) is 51.3 Å². The van der Waals surface area contributed by atoms with E-state index in [1.807, 2.05) is 11.6 Å². The van der Waals surface area contributed by atoms with E-state index in [9.17, 15) is 4.79 Å². The van der Waals surface area contributed by atoms with Gasteiger partial charge in [-0.25, -0.2) is 4.68 Å². The van der Waals surface area contributed by atoms with Crippen molar-refractivity contribution in [1.29, 1.82) is 0 Å². The number of aromatic nitrogens is 3. The topological polar surface area (TPSA) is 52.3 Å². The number of carbonyl (C=O) groups excluding carboxylic acids is 1. The molecule has 1 aliphatic heterocycles. The minimum atomic E-state index is -0.0708. The van der Waals surface area contributed by atoms with Gasteiger partial charge in [-0.15, -0.1) is 0 Å². The van der Waals surface area contributed by atoms with E-state index in [2.05, 4.69) is 16.4 Å². The number of carbonyl (C=O) groups is 1. The van der Waals surface area contributed by atoms with Crippen LogP contribution in [0.3, 0.4) is 0 Å². The Labute approximate surface area is 142 Å². The normalized spacial score (nSPS) is 22.3. The summed E-state index contributed by atoms with van der Waals surface area (Å²) in [5, 5.41) is 4.76. The zero-order valence-electron chi connectivity index (χ0n) is 14.0. The van der Waals surface area contributed by atoms with Crippen molar-refractivity contribution in [2.75, 3.05) is 19.7 Å². The quantitative estimate of drug-likeness (QED) is 0.589. The number of hydrogen-bond acceptors (Lipinski definition) is 5. The molecule has 1 aromatic rings. The second kappa shape index (κ2) is 7.13. The second-order valence-electron chi connectivity index (χ2n) is 6.47. The molecule has 0 amide bonds. The van der Waals surface area contributed by atoms with Crippen molar-refractivity contribution in [3.05, 3.63) is 10.6 Å².